The van der Waals surface area contributed by atoms with Gasteiger partial charge in [0, 0.05) is 4.88 Å². The highest BCUT2D eigenvalue weighted by atomic mass is 32.1. The zero-order valence-electron chi connectivity index (χ0n) is 8.77. The summed E-state index contributed by atoms with van der Waals surface area (Å²) >= 11 is 1.64. The van der Waals surface area contributed by atoms with Crippen LogP contribution < -0.4 is 17.2 Å². The van der Waals surface area contributed by atoms with Crippen molar-refractivity contribution < 1.29 is 0 Å². The second-order valence-electron chi connectivity index (χ2n) is 3.17. The Morgan fingerprint density at radius 1 is 1.40 bits per heavy atom. The Balaban J connectivity index is 2.83. The molecule has 6 heteroatoms. The van der Waals surface area contributed by atoms with Gasteiger partial charge in [0.15, 0.2) is 5.96 Å². The highest BCUT2D eigenvalue weighted by Crippen LogP contribution is 2.26. The van der Waals surface area contributed by atoms with E-state index < -0.39 is 0 Å². The molecule has 1 rings (SSSR count). The van der Waals surface area contributed by atoms with Crippen LogP contribution in [0.2, 0.25) is 0 Å². The van der Waals surface area contributed by atoms with E-state index in [1.54, 1.807) is 11.3 Å². The molecule has 0 bridgehead atoms. The Kier molecular flexibility index (Phi) is 3.68. The average Bonchev–Trinajstić information content (AvgIpc) is 2.49. The van der Waals surface area contributed by atoms with Crippen molar-refractivity contribution in [1.82, 2.24) is 0 Å². The fourth-order valence-electron chi connectivity index (χ4n) is 1.23. The van der Waals surface area contributed by atoms with Crippen LogP contribution in [0.15, 0.2) is 21.4 Å². The van der Waals surface area contributed by atoms with Gasteiger partial charge in [-0.15, -0.1) is 11.3 Å². The standard InChI is InChI=1S/C9H15N5S/c1-5-3-4-15-7(5)6(2)13-9(12)14-8(10)11/h3-4,6H,1-2H3,(H6,10,11,12,13,14). The van der Waals surface area contributed by atoms with Crippen LogP contribution in [0.5, 0.6) is 0 Å². The zero-order valence-corrected chi connectivity index (χ0v) is 9.58. The number of hydrogen-bond acceptors (Lipinski definition) is 2. The molecule has 0 aromatic carbocycles. The molecule has 1 atom stereocenters. The molecule has 0 radical (unpaired) electrons. The summed E-state index contributed by atoms with van der Waals surface area (Å²) in [6, 6.07) is 2.02. The van der Waals surface area contributed by atoms with Crippen molar-refractivity contribution in [2.45, 2.75) is 19.9 Å². The van der Waals surface area contributed by atoms with Gasteiger partial charge in [-0.1, -0.05) is 0 Å². The van der Waals surface area contributed by atoms with E-state index >= 15 is 0 Å². The van der Waals surface area contributed by atoms with Crippen molar-refractivity contribution in [3.05, 3.63) is 21.9 Å². The van der Waals surface area contributed by atoms with Crippen molar-refractivity contribution in [3.8, 4) is 0 Å². The predicted octanol–water partition coefficient (Wildman–Crippen LogP) is 0.706. The molecule has 1 heterocycles. The van der Waals surface area contributed by atoms with Gasteiger partial charge in [-0.25, -0.2) is 4.99 Å². The summed E-state index contributed by atoms with van der Waals surface area (Å²) < 4.78 is 0. The number of aliphatic imine (C=N–C) groups is 2. The number of nitrogens with zero attached hydrogens (tertiary/aromatic N) is 2. The molecule has 0 saturated carbocycles. The van der Waals surface area contributed by atoms with Crippen LogP contribution in [0.25, 0.3) is 0 Å². The number of guanidine groups is 2. The Morgan fingerprint density at radius 3 is 2.53 bits per heavy atom. The fraction of sp³-hybridized carbons (Fsp3) is 0.333. The van der Waals surface area contributed by atoms with Crippen molar-refractivity contribution in [2.75, 3.05) is 0 Å². The maximum atomic E-state index is 5.54. The zero-order chi connectivity index (χ0) is 11.4. The van der Waals surface area contributed by atoms with Crippen LogP contribution in [0.1, 0.15) is 23.4 Å². The van der Waals surface area contributed by atoms with Gasteiger partial charge >= 0.3 is 0 Å². The summed E-state index contributed by atoms with van der Waals surface area (Å²) in [5.74, 6) is 0.0293. The summed E-state index contributed by atoms with van der Waals surface area (Å²) in [4.78, 5) is 9.01. The molecule has 6 N–H and O–H groups in total. The van der Waals surface area contributed by atoms with Gasteiger partial charge in [-0.05, 0) is 30.9 Å². The van der Waals surface area contributed by atoms with Crippen molar-refractivity contribution in [3.63, 3.8) is 0 Å². The molecule has 0 amide bonds. The molecule has 1 aromatic rings. The number of rotatable bonds is 2. The average molecular weight is 225 g/mol. The Morgan fingerprint density at radius 2 is 2.07 bits per heavy atom. The first-order valence-corrected chi connectivity index (χ1v) is 5.35. The smallest absolute Gasteiger partial charge is 0.219 e. The van der Waals surface area contributed by atoms with Crippen LogP contribution in [-0.2, 0) is 0 Å². The molecule has 15 heavy (non-hydrogen) atoms. The van der Waals surface area contributed by atoms with Crippen molar-refractivity contribution >= 4 is 23.3 Å². The van der Waals surface area contributed by atoms with E-state index in [2.05, 4.69) is 9.98 Å². The maximum Gasteiger partial charge on any atom is 0.219 e. The third-order valence-corrected chi connectivity index (χ3v) is 3.04. The maximum absolute atomic E-state index is 5.54. The first-order chi connectivity index (χ1) is 7.00. The van der Waals surface area contributed by atoms with Gasteiger partial charge < -0.3 is 17.2 Å². The largest absolute Gasteiger partial charge is 0.370 e. The lowest BCUT2D eigenvalue weighted by atomic mass is 10.2. The third-order valence-electron chi connectivity index (χ3n) is 1.85. The van der Waals surface area contributed by atoms with Gasteiger partial charge in [-0.2, -0.15) is 4.99 Å². The second-order valence-corrected chi connectivity index (χ2v) is 4.12. The number of thiophene rings is 1. The molecule has 1 aromatic heterocycles. The quantitative estimate of drug-likeness (QED) is 0.510. The van der Waals surface area contributed by atoms with Crippen LogP contribution in [0, 0.1) is 6.92 Å². The Labute approximate surface area is 92.7 Å². The van der Waals surface area contributed by atoms with E-state index in [-0.39, 0.29) is 18.0 Å². The number of hydrogen-bond donors (Lipinski definition) is 3. The molecule has 82 valence electrons. The monoisotopic (exact) mass is 225 g/mol. The summed E-state index contributed by atoms with van der Waals surface area (Å²) in [6.45, 7) is 3.99. The van der Waals surface area contributed by atoms with Crippen LogP contribution in [-0.4, -0.2) is 11.9 Å². The lowest BCUT2D eigenvalue weighted by molar-refractivity contribution is 0.828. The number of nitrogens with two attached hydrogens (primary N) is 3. The SMILES string of the molecule is Cc1ccsc1C(C)N=C(N)N=C(N)N. The van der Waals surface area contributed by atoms with Crippen molar-refractivity contribution in [2.24, 2.45) is 27.2 Å². The van der Waals surface area contributed by atoms with Crippen LogP contribution in [0.4, 0.5) is 0 Å². The third kappa shape index (κ3) is 3.25. The van der Waals surface area contributed by atoms with Crippen LogP contribution in [0.3, 0.4) is 0 Å². The molecule has 0 aliphatic heterocycles. The molecular weight excluding hydrogens is 210 g/mol. The van der Waals surface area contributed by atoms with Gasteiger partial charge in [0.25, 0.3) is 0 Å². The molecule has 0 spiro atoms. The molecule has 5 nitrogen and oxygen atoms in total. The lowest BCUT2D eigenvalue weighted by Gasteiger charge is -2.05. The van der Waals surface area contributed by atoms with Gasteiger partial charge in [0.1, 0.15) is 0 Å². The summed E-state index contributed by atoms with van der Waals surface area (Å²) in [5, 5.41) is 2.02. The minimum atomic E-state index is -0.0775. The van der Waals surface area contributed by atoms with Gasteiger partial charge in [0.05, 0.1) is 6.04 Å². The van der Waals surface area contributed by atoms with Crippen LogP contribution >= 0.6 is 11.3 Å². The molecule has 0 fully saturated rings. The first-order valence-electron chi connectivity index (χ1n) is 4.47. The van der Waals surface area contributed by atoms with E-state index in [0.29, 0.717) is 0 Å². The number of aryl methyl sites for hydroxylation is 1. The molecular formula is C9H15N5S. The second kappa shape index (κ2) is 4.79. The normalized spacial score (nSPS) is 13.6. The topological polar surface area (TPSA) is 103 Å². The van der Waals surface area contributed by atoms with E-state index in [1.807, 2.05) is 25.3 Å². The lowest BCUT2D eigenvalue weighted by Crippen LogP contribution is -2.26. The van der Waals surface area contributed by atoms with E-state index in [9.17, 15) is 0 Å². The first kappa shape index (κ1) is 11.5. The minimum Gasteiger partial charge on any atom is -0.370 e. The molecule has 0 aliphatic rings. The van der Waals surface area contributed by atoms with E-state index in [1.165, 1.54) is 10.4 Å². The van der Waals surface area contributed by atoms with Crippen molar-refractivity contribution in [1.29, 1.82) is 0 Å². The molecule has 0 saturated heterocycles. The van der Waals surface area contributed by atoms with Gasteiger partial charge in [0.2, 0.25) is 5.96 Å². The molecule has 1 unspecified atom stereocenters. The molecule has 0 aliphatic carbocycles. The fourth-order valence-corrected chi connectivity index (χ4v) is 2.15. The predicted molar refractivity (Wildman–Crippen MR) is 64.9 cm³/mol. The highest BCUT2D eigenvalue weighted by molar-refractivity contribution is 7.10. The summed E-state index contributed by atoms with van der Waals surface area (Å²) in [5.41, 5.74) is 17.1. The Hall–Kier alpha value is -1.56. The minimum absolute atomic E-state index is 0.0203. The summed E-state index contributed by atoms with van der Waals surface area (Å²) in [6.07, 6.45) is 0. The van der Waals surface area contributed by atoms with E-state index in [0.717, 1.165) is 0 Å². The van der Waals surface area contributed by atoms with Gasteiger partial charge in [-0.3, -0.25) is 0 Å². The van der Waals surface area contributed by atoms with E-state index in [4.69, 9.17) is 17.2 Å². The highest BCUT2D eigenvalue weighted by Gasteiger charge is 2.08. The summed E-state index contributed by atoms with van der Waals surface area (Å²) in [7, 11) is 0. The Bertz CT molecular complexity index is 389.